The Bertz CT molecular complexity index is 1070. The van der Waals surface area contributed by atoms with E-state index in [1.54, 1.807) is 34.0 Å². The minimum absolute atomic E-state index is 0.180. The maximum Gasteiger partial charge on any atom is 0.256 e. The monoisotopic (exact) mass is 412 g/mol. The van der Waals surface area contributed by atoms with E-state index in [4.69, 9.17) is 0 Å². The van der Waals surface area contributed by atoms with E-state index >= 15 is 0 Å². The summed E-state index contributed by atoms with van der Waals surface area (Å²) in [5.74, 6) is -1.32. The Morgan fingerprint density at radius 1 is 1.27 bits per heavy atom. The highest BCUT2D eigenvalue weighted by atomic mass is 19.1. The first-order chi connectivity index (χ1) is 14.1. The summed E-state index contributed by atoms with van der Waals surface area (Å²) in [5.41, 5.74) is 3.58. The number of likely N-dealkylation sites (N-methyl/N-ethyl adjacent to an activating group) is 1. The first-order valence-electron chi connectivity index (χ1n) is 9.68. The predicted octanol–water partition coefficient (Wildman–Crippen LogP) is 2.86. The van der Waals surface area contributed by atoms with Crippen molar-refractivity contribution in [3.05, 3.63) is 52.1 Å². The number of anilines is 1. The lowest BCUT2D eigenvalue weighted by atomic mass is 10.0. The van der Waals surface area contributed by atoms with Crippen LogP contribution in [0.1, 0.15) is 46.2 Å². The number of aromatic amines is 1. The number of carbonyl (C=O) groups excluding carboxylic acids is 3. The van der Waals surface area contributed by atoms with Crippen molar-refractivity contribution < 1.29 is 18.8 Å². The van der Waals surface area contributed by atoms with E-state index < -0.39 is 11.9 Å². The number of benzene rings is 1. The van der Waals surface area contributed by atoms with Crippen LogP contribution in [0.2, 0.25) is 0 Å². The van der Waals surface area contributed by atoms with Gasteiger partial charge in [0.2, 0.25) is 5.91 Å². The maximum absolute atomic E-state index is 13.7. The van der Waals surface area contributed by atoms with Gasteiger partial charge in [-0.25, -0.2) is 4.39 Å². The van der Waals surface area contributed by atoms with Gasteiger partial charge in [0.15, 0.2) is 0 Å². The lowest BCUT2D eigenvalue weighted by molar-refractivity contribution is -0.130. The third-order valence-corrected chi connectivity index (χ3v) is 5.21. The fraction of sp³-hybridized carbons (Fsp3) is 0.318. The van der Waals surface area contributed by atoms with Crippen LogP contribution in [0.25, 0.3) is 11.6 Å². The molecule has 0 saturated heterocycles. The molecule has 0 spiro atoms. The molecule has 2 aromatic rings. The second-order valence-corrected chi connectivity index (χ2v) is 7.53. The number of amides is 3. The van der Waals surface area contributed by atoms with Gasteiger partial charge in [-0.3, -0.25) is 14.4 Å². The van der Waals surface area contributed by atoms with Gasteiger partial charge in [0.1, 0.15) is 11.9 Å². The molecular formula is C22H25FN4O3. The van der Waals surface area contributed by atoms with Crippen molar-refractivity contribution in [3.8, 4) is 0 Å². The van der Waals surface area contributed by atoms with Crippen LogP contribution in [0.4, 0.5) is 10.1 Å². The highest BCUT2D eigenvalue weighted by Crippen LogP contribution is 2.34. The molecule has 1 unspecified atom stereocenters. The third-order valence-electron chi connectivity index (χ3n) is 5.21. The van der Waals surface area contributed by atoms with E-state index in [2.05, 4.69) is 15.6 Å². The molecule has 1 aliphatic rings. The quantitative estimate of drug-likeness (QED) is 0.659. The Labute approximate surface area is 174 Å². The number of hydrogen-bond acceptors (Lipinski definition) is 3. The third kappa shape index (κ3) is 3.85. The molecule has 30 heavy (non-hydrogen) atoms. The number of rotatable bonds is 5. The molecule has 0 saturated carbocycles. The number of aromatic nitrogens is 1. The fourth-order valence-corrected chi connectivity index (χ4v) is 3.59. The largest absolute Gasteiger partial charge is 0.358 e. The number of carbonyl (C=O) groups is 3. The minimum Gasteiger partial charge on any atom is -0.358 e. The van der Waals surface area contributed by atoms with Crippen molar-refractivity contribution in [1.82, 2.24) is 15.2 Å². The summed E-state index contributed by atoms with van der Waals surface area (Å²) in [6.07, 6.45) is 2.08. The highest BCUT2D eigenvalue weighted by molar-refractivity contribution is 6.34. The molecule has 0 radical (unpaired) electrons. The first-order valence-corrected chi connectivity index (χ1v) is 9.68. The Balaban J connectivity index is 1.94. The standard InChI is InChI=1S/C22H25FN4O3/c1-6-16(22(30)27(4)5)25-21(29)19-11(2)18(24-12(19)3)10-15-14-9-13(23)7-8-17(14)26-20(15)28/h7-10,16,24H,6H2,1-5H3,(H,25,29)(H,26,28)/b15-10-. The zero-order valence-corrected chi connectivity index (χ0v) is 17.6. The SMILES string of the molecule is CCC(NC(=O)c1c(C)[nH]c(/C=C2\C(=O)Nc3ccc(F)cc32)c1C)C(=O)N(C)C. The molecule has 3 N–H and O–H groups in total. The Hall–Kier alpha value is -3.42. The Kier molecular flexibility index (Phi) is 5.78. The molecule has 1 aliphatic heterocycles. The number of nitrogens with zero attached hydrogens (tertiary/aromatic N) is 1. The summed E-state index contributed by atoms with van der Waals surface area (Å²) < 4.78 is 13.7. The summed E-state index contributed by atoms with van der Waals surface area (Å²) in [4.78, 5) is 42.1. The number of fused-ring (bicyclic) bond motifs is 1. The summed E-state index contributed by atoms with van der Waals surface area (Å²) >= 11 is 0. The Morgan fingerprint density at radius 3 is 2.60 bits per heavy atom. The normalized spacial score (nSPS) is 15.0. The van der Waals surface area contributed by atoms with Crippen LogP contribution in [0.3, 0.4) is 0 Å². The molecule has 7 nitrogen and oxygen atoms in total. The van der Waals surface area contributed by atoms with Crippen molar-refractivity contribution >= 4 is 35.1 Å². The molecule has 158 valence electrons. The molecule has 3 rings (SSSR count). The van der Waals surface area contributed by atoms with E-state index in [0.29, 0.717) is 45.8 Å². The lowest BCUT2D eigenvalue weighted by Crippen LogP contribution is -2.46. The highest BCUT2D eigenvalue weighted by Gasteiger charge is 2.27. The van der Waals surface area contributed by atoms with Gasteiger partial charge < -0.3 is 20.5 Å². The predicted molar refractivity (Wildman–Crippen MR) is 113 cm³/mol. The molecule has 1 atom stereocenters. The van der Waals surface area contributed by atoms with Crippen LogP contribution < -0.4 is 10.6 Å². The van der Waals surface area contributed by atoms with Gasteiger partial charge >= 0.3 is 0 Å². The first kappa shape index (κ1) is 21.3. The molecule has 1 aromatic carbocycles. The summed E-state index contributed by atoms with van der Waals surface area (Å²) in [6.45, 7) is 5.34. The number of H-pyrrole nitrogens is 1. The molecular weight excluding hydrogens is 387 g/mol. The van der Waals surface area contributed by atoms with Crippen LogP contribution in [0.5, 0.6) is 0 Å². The number of nitrogens with one attached hydrogen (secondary N) is 3. The molecule has 3 amide bonds. The second-order valence-electron chi connectivity index (χ2n) is 7.53. The van der Waals surface area contributed by atoms with Gasteiger partial charge in [-0.1, -0.05) is 6.92 Å². The molecule has 2 heterocycles. The average Bonchev–Trinajstić information content (AvgIpc) is 3.14. The number of aryl methyl sites for hydroxylation is 1. The zero-order chi connectivity index (χ0) is 22.2. The maximum atomic E-state index is 13.7. The number of hydrogen-bond donors (Lipinski definition) is 3. The van der Waals surface area contributed by atoms with Gasteiger partial charge in [0.05, 0.1) is 11.1 Å². The fourth-order valence-electron chi connectivity index (χ4n) is 3.59. The molecule has 8 heteroatoms. The van der Waals surface area contributed by atoms with Gasteiger partial charge in [0, 0.05) is 36.7 Å². The summed E-state index contributed by atoms with van der Waals surface area (Å²) in [5, 5.41) is 5.49. The van der Waals surface area contributed by atoms with Gasteiger partial charge in [-0.15, -0.1) is 0 Å². The molecule has 0 aliphatic carbocycles. The van der Waals surface area contributed by atoms with Crippen LogP contribution in [0.15, 0.2) is 18.2 Å². The van der Waals surface area contributed by atoms with Crippen molar-refractivity contribution in [3.63, 3.8) is 0 Å². The summed E-state index contributed by atoms with van der Waals surface area (Å²) in [6, 6.07) is 3.48. The second kappa shape index (κ2) is 8.14. The van der Waals surface area contributed by atoms with Gasteiger partial charge in [-0.2, -0.15) is 0 Å². The molecule has 1 aromatic heterocycles. The molecule has 0 bridgehead atoms. The van der Waals surface area contributed by atoms with Crippen molar-refractivity contribution in [2.24, 2.45) is 0 Å². The Morgan fingerprint density at radius 2 is 1.97 bits per heavy atom. The molecule has 0 fully saturated rings. The number of halogens is 1. The average molecular weight is 412 g/mol. The van der Waals surface area contributed by atoms with Crippen molar-refractivity contribution in [1.29, 1.82) is 0 Å². The van der Waals surface area contributed by atoms with Crippen LogP contribution in [0, 0.1) is 19.7 Å². The van der Waals surface area contributed by atoms with Crippen LogP contribution in [-0.4, -0.2) is 47.7 Å². The topological polar surface area (TPSA) is 94.3 Å². The van der Waals surface area contributed by atoms with E-state index in [0.717, 1.165) is 0 Å². The van der Waals surface area contributed by atoms with E-state index in [1.165, 1.54) is 23.1 Å². The van der Waals surface area contributed by atoms with Gasteiger partial charge in [0.25, 0.3) is 11.8 Å². The minimum atomic E-state index is -0.626. The van der Waals surface area contributed by atoms with Crippen LogP contribution in [-0.2, 0) is 9.59 Å². The lowest BCUT2D eigenvalue weighted by Gasteiger charge is -2.20. The van der Waals surface area contributed by atoms with E-state index in [9.17, 15) is 18.8 Å². The van der Waals surface area contributed by atoms with Crippen LogP contribution >= 0.6 is 0 Å². The summed E-state index contributed by atoms with van der Waals surface area (Å²) in [7, 11) is 3.28. The zero-order valence-electron chi connectivity index (χ0n) is 17.6. The van der Waals surface area contributed by atoms with Gasteiger partial charge in [-0.05, 0) is 50.1 Å². The van der Waals surface area contributed by atoms with Crippen molar-refractivity contribution in [2.45, 2.75) is 33.2 Å². The van der Waals surface area contributed by atoms with Crippen molar-refractivity contribution in [2.75, 3.05) is 19.4 Å². The van der Waals surface area contributed by atoms with E-state index in [-0.39, 0.29) is 17.7 Å². The smallest absolute Gasteiger partial charge is 0.256 e. The van der Waals surface area contributed by atoms with E-state index in [1.807, 2.05) is 6.92 Å².